The molecule has 0 aromatic heterocycles. The van der Waals surface area contributed by atoms with Gasteiger partial charge < -0.3 is 9.47 Å². The van der Waals surface area contributed by atoms with E-state index in [-0.39, 0.29) is 22.9 Å². The zero-order valence-corrected chi connectivity index (χ0v) is 16.4. The lowest BCUT2D eigenvalue weighted by atomic mass is 9.63. The first-order valence-corrected chi connectivity index (χ1v) is 9.48. The Bertz CT molecular complexity index is 911. The summed E-state index contributed by atoms with van der Waals surface area (Å²) in [6.07, 6.45) is 5.35. The van der Waals surface area contributed by atoms with Gasteiger partial charge in [0.05, 0.1) is 5.41 Å². The molecule has 0 saturated carbocycles. The molecule has 0 amide bonds. The number of methoxy groups -OCH3 is 1. The average molecular weight is 362 g/mol. The van der Waals surface area contributed by atoms with Gasteiger partial charge in [-0.05, 0) is 42.0 Å². The third kappa shape index (κ3) is 2.64. The van der Waals surface area contributed by atoms with Crippen molar-refractivity contribution in [1.82, 2.24) is 0 Å². The highest BCUT2D eigenvalue weighted by Gasteiger charge is 2.59. The maximum atomic E-state index is 13.1. The topological polar surface area (TPSA) is 35.5 Å². The van der Waals surface area contributed by atoms with Crippen LogP contribution < -0.4 is 4.74 Å². The fourth-order valence-electron chi connectivity index (χ4n) is 4.70. The number of ketones is 1. The maximum Gasteiger partial charge on any atom is 0.210 e. The predicted octanol–water partition coefficient (Wildman–Crippen LogP) is 5.01. The van der Waals surface area contributed by atoms with Gasteiger partial charge in [-0.1, -0.05) is 56.3 Å². The van der Waals surface area contributed by atoms with Gasteiger partial charge in [0.1, 0.15) is 5.75 Å². The van der Waals surface area contributed by atoms with Gasteiger partial charge in [-0.25, -0.2) is 0 Å². The van der Waals surface area contributed by atoms with E-state index in [0.717, 1.165) is 34.4 Å². The van der Waals surface area contributed by atoms with E-state index in [1.165, 1.54) is 0 Å². The highest BCUT2D eigenvalue weighted by molar-refractivity contribution is 5.99. The van der Waals surface area contributed by atoms with Gasteiger partial charge >= 0.3 is 0 Å². The Labute approximate surface area is 161 Å². The van der Waals surface area contributed by atoms with Gasteiger partial charge in [0.15, 0.2) is 5.78 Å². The number of allylic oxidation sites excluding steroid dienone is 2. The van der Waals surface area contributed by atoms with Crippen molar-refractivity contribution in [2.45, 2.75) is 45.3 Å². The van der Waals surface area contributed by atoms with Crippen LogP contribution >= 0.6 is 0 Å². The number of fused-ring (bicyclic) bond motifs is 2. The number of rotatable bonds is 4. The minimum atomic E-state index is -0.351. The zero-order chi connectivity index (χ0) is 19.2. The molecule has 3 heteroatoms. The smallest absolute Gasteiger partial charge is 0.210 e. The molecule has 2 aromatic carbocycles. The molecule has 1 spiro atoms. The maximum absolute atomic E-state index is 13.1. The normalized spacial score (nSPS) is 24.8. The molecule has 2 aliphatic rings. The number of carbonyl (C=O) groups is 1. The summed E-state index contributed by atoms with van der Waals surface area (Å²) in [5, 5.41) is 0. The second-order valence-corrected chi connectivity index (χ2v) is 8.23. The number of ether oxygens (including phenoxy) is 2. The molecule has 0 bridgehead atoms. The molecule has 0 radical (unpaired) electrons. The van der Waals surface area contributed by atoms with Gasteiger partial charge in [0, 0.05) is 24.7 Å². The lowest BCUT2D eigenvalue weighted by Gasteiger charge is -2.40. The monoisotopic (exact) mass is 362 g/mol. The molecule has 1 aliphatic carbocycles. The fourth-order valence-corrected chi connectivity index (χ4v) is 4.70. The molecule has 2 aromatic rings. The highest BCUT2D eigenvalue weighted by Crippen LogP contribution is 2.59. The van der Waals surface area contributed by atoms with Crippen molar-refractivity contribution in [1.29, 1.82) is 0 Å². The minimum absolute atomic E-state index is 0.117. The molecule has 1 aliphatic heterocycles. The van der Waals surface area contributed by atoms with Crippen molar-refractivity contribution in [3.05, 3.63) is 76.9 Å². The first-order valence-electron chi connectivity index (χ1n) is 9.48. The molecular weight excluding hydrogens is 336 g/mol. The summed E-state index contributed by atoms with van der Waals surface area (Å²) in [5.74, 6) is 0.980. The number of aryl methyl sites for hydroxylation is 1. The molecular formula is C24H26O3. The van der Waals surface area contributed by atoms with E-state index in [0.29, 0.717) is 6.42 Å². The van der Waals surface area contributed by atoms with Crippen LogP contribution in [0.5, 0.6) is 5.75 Å². The van der Waals surface area contributed by atoms with Crippen molar-refractivity contribution in [3.8, 4) is 5.75 Å². The second kappa shape index (κ2) is 6.35. The van der Waals surface area contributed by atoms with Crippen molar-refractivity contribution in [3.63, 3.8) is 0 Å². The summed E-state index contributed by atoms with van der Waals surface area (Å²) < 4.78 is 11.9. The van der Waals surface area contributed by atoms with Crippen LogP contribution in [-0.4, -0.2) is 19.2 Å². The standard InChI is InChI=1S/C24H26O3/c1-16-13-21-19(15-18(16)20(25)14-17-9-6-5-7-10-17)24(22(26-4)27-21)12-8-11-23(24,2)3/h5-11,13,15,22H,12,14H2,1-4H3/t22-,24-/m1/s1. The van der Waals surface area contributed by atoms with E-state index >= 15 is 0 Å². The number of carbonyl (C=O) groups excluding carboxylic acids is 1. The Morgan fingerprint density at radius 1 is 1.22 bits per heavy atom. The first-order chi connectivity index (χ1) is 12.9. The van der Waals surface area contributed by atoms with Crippen molar-refractivity contribution in [2.75, 3.05) is 7.11 Å². The molecule has 0 saturated heterocycles. The van der Waals surface area contributed by atoms with Crippen LogP contribution in [0.15, 0.2) is 54.6 Å². The molecule has 0 N–H and O–H groups in total. The second-order valence-electron chi connectivity index (χ2n) is 8.23. The van der Waals surface area contributed by atoms with Gasteiger partial charge in [-0.2, -0.15) is 0 Å². The SMILES string of the molecule is CO[C@@H]1Oc2cc(C)c(C(=O)Cc3ccccc3)cc2[C@]12CC=CC2(C)C. The summed E-state index contributed by atoms with van der Waals surface area (Å²) >= 11 is 0. The Hall–Kier alpha value is -2.39. The fraction of sp³-hybridized carbons (Fsp3) is 0.375. The Morgan fingerprint density at radius 3 is 2.59 bits per heavy atom. The molecule has 2 atom stereocenters. The molecule has 3 nitrogen and oxygen atoms in total. The number of hydrogen-bond donors (Lipinski definition) is 0. The molecule has 0 fully saturated rings. The molecule has 1 heterocycles. The van der Waals surface area contributed by atoms with Crippen LogP contribution in [0, 0.1) is 12.3 Å². The third-order valence-corrected chi connectivity index (χ3v) is 6.29. The predicted molar refractivity (Wildman–Crippen MR) is 106 cm³/mol. The molecule has 4 rings (SSSR count). The Balaban J connectivity index is 1.77. The summed E-state index contributed by atoms with van der Waals surface area (Å²) in [6.45, 7) is 6.41. The summed E-state index contributed by atoms with van der Waals surface area (Å²) in [4.78, 5) is 13.1. The van der Waals surface area contributed by atoms with E-state index in [1.807, 2.05) is 43.3 Å². The Kier molecular flexibility index (Phi) is 4.23. The van der Waals surface area contributed by atoms with E-state index in [2.05, 4.69) is 32.1 Å². The largest absolute Gasteiger partial charge is 0.464 e. The van der Waals surface area contributed by atoms with Crippen molar-refractivity contribution < 1.29 is 14.3 Å². The van der Waals surface area contributed by atoms with Crippen molar-refractivity contribution in [2.24, 2.45) is 5.41 Å². The zero-order valence-electron chi connectivity index (χ0n) is 16.4. The van der Waals surface area contributed by atoms with Crippen LogP contribution in [-0.2, 0) is 16.6 Å². The number of benzene rings is 2. The summed E-state index contributed by atoms with van der Waals surface area (Å²) in [7, 11) is 1.70. The van der Waals surface area contributed by atoms with E-state index in [9.17, 15) is 4.79 Å². The van der Waals surface area contributed by atoms with Crippen LogP contribution in [0.2, 0.25) is 0 Å². The van der Waals surface area contributed by atoms with Crippen LogP contribution in [0.1, 0.15) is 47.3 Å². The number of hydrogen-bond acceptors (Lipinski definition) is 3. The van der Waals surface area contributed by atoms with E-state index in [1.54, 1.807) is 7.11 Å². The van der Waals surface area contributed by atoms with Crippen molar-refractivity contribution >= 4 is 5.78 Å². The highest BCUT2D eigenvalue weighted by atomic mass is 16.7. The van der Waals surface area contributed by atoms with Gasteiger partial charge in [-0.3, -0.25) is 4.79 Å². The molecule has 27 heavy (non-hydrogen) atoms. The van der Waals surface area contributed by atoms with Crippen LogP contribution in [0.3, 0.4) is 0 Å². The van der Waals surface area contributed by atoms with Gasteiger partial charge in [-0.15, -0.1) is 0 Å². The summed E-state index contributed by atoms with van der Waals surface area (Å²) in [6, 6.07) is 14.0. The van der Waals surface area contributed by atoms with E-state index in [4.69, 9.17) is 9.47 Å². The van der Waals surface area contributed by atoms with Crippen LogP contribution in [0.4, 0.5) is 0 Å². The Morgan fingerprint density at radius 2 is 1.96 bits per heavy atom. The third-order valence-electron chi connectivity index (χ3n) is 6.29. The number of Topliss-reactive ketones (excluding diaryl/α,β-unsaturated/α-hetero) is 1. The first kappa shape index (κ1) is 18.0. The van der Waals surface area contributed by atoms with Crippen LogP contribution in [0.25, 0.3) is 0 Å². The van der Waals surface area contributed by atoms with Gasteiger partial charge in [0.2, 0.25) is 6.29 Å². The van der Waals surface area contributed by atoms with Gasteiger partial charge in [0.25, 0.3) is 0 Å². The molecule has 0 unspecified atom stereocenters. The lowest BCUT2D eigenvalue weighted by molar-refractivity contribution is -0.109. The lowest BCUT2D eigenvalue weighted by Crippen LogP contribution is -2.47. The minimum Gasteiger partial charge on any atom is -0.464 e. The quantitative estimate of drug-likeness (QED) is 0.566. The summed E-state index contributed by atoms with van der Waals surface area (Å²) in [5.41, 5.74) is 3.43. The average Bonchev–Trinajstić information content (AvgIpc) is 3.12. The molecule has 140 valence electrons. The van der Waals surface area contributed by atoms with E-state index < -0.39 is 0 Å².